The minimum absolute atomic E-state index is 0.0346. The predicted molar refractivity (Wildman–Crippen MR) is 64.6 cm³/mol. The predicted octanol–water partition coefficient (Wildman–Crippen LogP) is 1.82. The molecule has 2 aromatic rings. The van der Waals surface area contributed by atoms with E-state index in [1.54, 1.807) is 18.3 Å². The molecular weight excluding hydrogens is 216 g/mol. The van der Waals surface area contributed by atoms with Crippen LogP contribution in [0.5, 0.6) is 11.5 Å². The van der Waals surface area contributed by atoms with Gasteiger partial charge in [-0.05, 0) is 23.8 Å². The standard InChI is InChI=1S/C13H14N2O2/c14-8-11-7-13(5-6-15-11)17-12-3-1-10(9-16)2-4-12/h1-7,16H,8-9,14H2. The zero-order valence-electron chi connectivity index (χ0n) is 9.34. The number of benzene rings is 1. The fourth-order valence-electron chi connectivity index (χ4n) is 1.43. The van der Waals surface area contributed by atoms with Crippen LogP contribution < -0.4 is 10.5 Å². The molecule has 88 valence electrons. The van der Waals surface area contributed by atoms with Gasteiger partial charge < -0.3 is 15.6 Å². The van der Waals surface area contributed by atoms with E-state index >= 15 is 0 Å². The van der Waals surface area contributed by atoms with Crippen LogP contribution in [0.3, 0.4) is 0 Å². The lowest BCUT2D eigenvalue weighted by Gasteiger charge is -2.06. The highest BCUT2D eigenvalue weighted by Crippen LogP contribution is 2.21. The molecule has 0 unspecified atom stereocenters. The fourth-order valence-corrected chi connectivity index (χ4v) is 1.43. The first-order valence-corrected chi connectivity index (χ1v) is 5.34. The maximum absolute atomic E-state index is 8.92. The highest BCUT2D eigenvalue weighted by atomic mass is 16.5. The van der Waals surface area contributed by atoms with Gasteiger partial charge in [0.1, 0.15) is 11.5 Å². The van der Waals surface area contributed by atoms with Crippen LogP contribution in [0.2, 0.25) is 0 Å². The van der Waals surface area contributed by atoms with Crippen molar-refractivity contribution in [3.05, 3.63) is 53.9 Å². The molecule has 0 atom stereocenters. The molecule has 4 nitrogen and oxygen atoms in total. The highest BCUT2D eigenvalue weighted by molar-refractivity contribution is 5.33. The summed E-state index contributed by atoms with van der Waals surface area (Å²) in [7, 11) is 0. The second-order valence-corrected chi connectivity index (χ2v) is 3.59. The third-order valence-corrected chi connectivity index (χ3v) is 2.34. The summed E-state index contributed by atoms with van der Waals surface area (Å²) in [6, 6.07) is 10.8. The van der Waals surface area contributed by atoms with Gasteiger partial charge in [0.05, 0.1) is 12.3 Å². The Morgan fingerprint density at radius 2 is 1.88 bits per heavy atom. The average Bonchev–Trinajstić information content (AvgIpc) is 2.40. The Bertz CT molecular complexity index is 483. The monoisotopic (exact) mass is 230 g/mol. The Hall–Kier alpha value is -1.91. The van der Waals surface area contributed by atoms with Crippen LogP contribution in [0.25, 0.3) is 0 Å². The van der Waals surface area contributed by atoms with Crippen LogP contribution in [0.15, 0.2) is 42.6 Å². The number of pyridine rings is 1. The van der Waals surface area contributed by atoms with E-state index in [1.807, 2.05) is 24.3 Å². The lowest BCUT2D eigenvalue weighted by molar-refractivity contribution is 0.281. The van der Waals surface area contributed by atoms with Crippen LogP contribution in [0, 0.1) is 0 Å². The number of hydrogen-bond acceptors (Lipinski definition) is 4. The van der Waals surface area contributed by atoms with Gasteiger partial charge >= 0.3 is 0 Å². The van der Waals surface area contributed by atoms with E-state index in [9.17, 15) is 0 Å². The van der Waals surface area contributed by atoms with Gasteiger partial charge in [-0.3, -0.25) is 4.98 Å². The lowest BCUT2D eigenvalue weighted by Crippen LogP contribution is -1.99. The normalized spacial score (nSPS) is 10.2. The van der Waals surface area contributed by atoms with Crippen molar-refractivity contribution < 1.29 is 9.84 Å². The number of aliphatic hydroxyl groups is 1. The molecule has 0 saturated carbocycles. The van der Waals surface area contributed by atoms with Crippen LogP contribution >= 0.6 is 0 Å². The first-order chi connectivity index (χ1) is 8.31. The molecule has 0 amide bonds. The fraction of sp³-hybridized carbons (Fsp3) is 0.154. The van der Waals surface area contributed by atoms with Gasteiger partial charge in [0.2, 0.25) is 0 Å². The van der Waals surface area contributed by atoms with E-state index in [4.69, 9.17) is 15.6 Å². The van der Waals surface area contributed by atoms with Crippen molar-refractivity contribution in [3.8, 4) is 11.5 Å². The number of ether oxygens (including phenoxy) is 1. The van der Waals surface area contributed by atoms with Crippen molar-refractivity contribution in [1.82, 2.24) is 4.98 Å². The number of aromatic nitrogens is 1. The zero-order chi connectivity index (χ0) is 12.1. The first-order valence-electron chi connectivity index (χ1n) is 5.34. The SMILES string of the molecule is NCc1cc(Oc2ccc(CO)cc2)ccn1. The smallest absolute Gasteiger partial charge is 0.130 e. The lowest BCUT2D eigenvalue weighted by atomic mass is 10.2. The summed E-state index contributed by atoms with van der Waals surface area (Å²) >= 11 is 0. The molecule has 0 saturated heterocycles. The molecule has 3 N–H and O–H groups in total. The molecule has 0 spiro atoms. The van der Waals surface area contributed by atoms with Crippen molar-refractivity contribution in [3.63, 3.8) is 0 Å². The van der Waals surface area contributed by atoms with E-state index in [-0.39, 0.29) is 6.61 Å². The second kappa shape index (κ2) is 5.43. The summed E-state index contributed by atoms with van der Waals surface area (Å²) in [6.45, 7) is 0.424. The largest absolute Gasteiger partial charge is 0.457 e. The van der Waals surface area contributed by atoms with Gasteiger partial charge in [-0.25, -0.2) is 0 Å². The maximum Gasteiger partial charge on any atom is 0.130 e. The van der Waals surface area contributed by atoms with Crippen LogP contribution in [0.4, 0.5) is 0 Å². The molecule has 17 heavy (non-hydrogen) atoms. The van der Waals surface area contributed by atoms with Crippen molar-refractivity contribution in [1.29, 1.82) is 0 Å². The Morgan fingerprint density at radius 1 is 1.12 bits per heavy atom. The topological polar surface area (TPSA) is 68.4 Å². The molecule has 0 aliphatic carbocycles. The molecule has 0 aliphatic rings. The minimum Gasteiger partial charge on any atom is -0.457 e. The third-order valence-electron chi connectivity index (χ3n) is 2.34. The van der Waals surface area contributed by atoms with Gasteiger partial charge in [-0.15, -0.1) is 0 Å². The molecule has 1 aromatic heterocycles. The molecule has 1 heterocycles. The number of rotatable bonds is 4. The van der Waals surface area contributed by atoms with Gasteiger partial charge in [0.25, 0.3) is 0 Å². The van der Waals surface area contributed by atoms with Crippen molar-refractivity contribution in [2.24, 2.45) is 5.73 Å². The number of nitrogens with two attached hydrogens (primary N) is 1. The van der Waals surface area contributed by atoms with Crippen LogP contribution in [-0.4, -0.2) is 10.1 Å². The molecule has 0 fully saturated rings. The van der Waals surface area contributed by atoms with Gasteiger partial charge in [-0.1, -0.05) is 12.1 Å². The zero-order valence-corrected chi connectivity index (χ0v) is 9.34. The maximum atomic E-state index is 8.92. The van der Waals surface area contributed by atoms with Gasteiger partial charge in [0.15, 0.2) is 0 Å². The van der Waals surface area contributed by atoms with E-state index in [1.165, 1.54) is 0 Å². The Balaban J connectivity index is 2.13. The molecule has 0 aliphatic heterocycles. The van der Waals surface area contributed by atoms with Crippen LogP contribution in [0.1, 0.15) is 11.3 Å². The van der Waals surface area contributed by atoms with E-state index < -0.39 is 0 Å². The molecular formula is C13H14N2O2. The summed E-state index contributed by atoms with van der Waals surface area (Å²) in [6.07, 6.45) is 1.67. The van der Waals surface area contributed by atoms with Gasteiger partial charge in [-0.2, -0.15) is 0 Å². The minimum atomic E-state index is 0.0346. The summed E-state index contributed by atoms with van der Waals surface area (Å²) < 4.78 is 5.64. The third kappa shape index (κ3) is 3.03. The van der Waals surface area contributed by atoms with Crippen molar-refractivity contribution in [2.45, 2.75) is 13.2 Å². The van der Waals surface area contributed by atoms with E-state index in [0.29, 0.717) is 12.3 Å². The molecule has 2 rings (SSSR count). The number of nitrogens with zero attached hydrogens (tertiary/aromatic N) is 1. The van der Waals surface area contributed by atoms with Crippen molar-refractivity contribution in [2.75, 3.05) is 0 Å². The number of hydrogen-bond donors (Lipinski definition) is 2. The van der Waals surface area contributed by atoms with Crippen molar-refractivity contribution >= 4 is 0 Å². The Labute approximate surface area is 99.7 Å². The summed E-state index contributed by atoms with van der Waals surface area (Å²) in [4.78, 5) is 4.09. The molecule has 0 radical (unpaired) electrons. The Kier molecular flexibility index (Phi) is 3.69. The summed E-state index contributed by atoms with van der Waals surface area (Å²) in [5.74, 6) is 1.42. The second-order valence-electron chi connectivity index (χ2n) is 3.59. The Morgan fingerprint density at radius 3 is 2.53 bits per heavy atom. The molecule has 1 aromatic carbocycles. The van der Waals surface area contributed by atoms with E-state index in [0.717, 1.165) is 17.0 Å². The quantitative estimate of drug-likeness (QED) is 0.840. The molecule has 4 heteroatoms. The average molecular weight is 230 g/mol. The summed E-state index contributed by atoms with van der Waals surface area (Å²) in [5.41, 5.74) is 7.15. The summed E-state index contributed by atoms with van der Waals surface area (Å²) in [5, 5.41) is 8.92. The highest BCUT2D eigenvalue weighted by Gasteiger charge is 1.99. The van der Waals surface area contributed by atoms with Crippen LogP contribution in [-0.2, 0) is 13.2 Å². The van der Waals surface area contributed by atoms with Gasteiger partial charge in [0, 0.05) is 18.8 Å². The van der Waals surface area contributed by atoms with E-state index in [2.05, 4.69) is 4.98 Å². The first kappa shape index (κ1) is 11.6. The molecule has 0 bridgehead atoms. The number of aliphatic hydroxyl groups excluding tert-OH is 1.